The topological polar surface area (TPSA) is 67.1 Å². The van der Waals surface area contributed by atoms with Gasteiger partial charge in [-0.25, -0.2) is 0 Å². The number of pyridine rings is 1. The molecule has 0 saturated heterocycles. The highest BCUT2D eigenvalue weighted by molar-refractivity contribution is 5.65. The summed E-state index contributed by atoms with van der Waals surface area (Å²) in [6.07, 6.45) is 2.89. The molecule has 0 atom stereocenters. The van der Waals surface area contributed by atoms with Crippen LogP contribution in [0.5, 0.6) is 0 Å². The molecule has 1 aromatic heterocycles. The minimum Gasteiger partial charge on any atom is -0.619 e. The molecule has 0 aliphatic carbocycles. The Morgan fingerprint density at radius 1 is 1.20 bits per heavy atom. The number of hydrogen-bond acceptors (Lipinski definition) is 3. The first-order valence-electron chi connectivity index (χ1n) is 4.45. The van der Waals surface area contributed by atoms with Crippen LogP contribution < -0.4 is 9.84 Å². The zero-order valence-electron chi connectivity index (χ0n) is 9.21. The first-order chi connectivity index (χ1) is 6.81. The molecule has 1 rings (SSSR count). The maximum atomic E-state index is 10.2. The van der Waals surface area contributed by atoms with E-state index in [-0.39, 0.29) is 6.54 Å². The average Bonchev–Trinajstić information content (AvgIpc) is 2.01. The van der Waals surface area contributed by atoms with Gasteiger partial charge in [-0.2, -0.15) is 4.73 Å². The average molecular weight is 212 g/mol. The molecule has 1 aromatic rings. The Hall–Kier alpha value is -1.62. The fourth-order valence-electron chi connectivity index (χ4n) is 0.770. The Morgan fingerprint density at radius 2 is 1.67 bits per heavy atom. The number of carbonyl (C=O) groups excluding carboxylic acids is 1. The van der Waals surface area contributed by atoms with Crippen molar-refractivity contribution >= 4 is 5.97 Å². The Kier molecular flexibility index (Phi) is 5.33. The Bertz CT molecular complexity index is 293. The van der Waals surface area contributed by atoms with Crippen LogP contribution in [-0.4, -0.2) is 38.1 Å². The van der Waals surface area contributed by atoms with Gasteiger partial charge in [0.1, 0.15) is 6.54 Å². The number of likely N-dealkylation sites (N-methyl/N-ethyl adjacent to an activating group) is 1. The van der Waals surface area contributed by atoms with E-state index in [0.717, 1.165) is 4.73 Å². The smallest absolute Gasteiger partial charge is 0.180 e. The predicted molar refractivity (Wildman–Crippen MR) is 53.3 cm³/mol. The minimum absolute atomic E-state index is 0.0694. The van der Waals surface area contributed by atoms with Crippen LogP contribution in [0, 0.1) is 5.21 Å². The third-order valence-electron chi connectivity index (χ3n) is 1.29. The zero-order chi connectivity index (χ0) is 11.9. The Labute approximate surface area is 89.4 Å². The number of quaternary nitrogens is 1. The molecule has 0 spiro atoms. The van der Waals surface area contributed by atoms with E-state index in [2.05, 4.69) is 0 Å². The monoisotopic (exact) mass is 212 g/mol. The van der Waals surface area contributed by atoms with Crippen molar-refractivity contribution in [2.75, 3.05) is 27.7 Å². The van der Waals surface area contributed by atoms with Crippen molar-refractivity contribution in [2.24, 2.45) is 0 Å². The third kappa shape index (κ3) is 10.3. The second-order valence-corrected chi connectivity index (χ2v) is 4.06. The highest BCUT2D eigenvalue weighted by Gasteiger charge is 2.04. The van der Waals surface area contributed by atoms with E-state index in [0.29, 0.717) is 4.48 Å². The van der Waals surface area contributed by atoms with Crippen molar-refractivity contribution in [2.45, 2.75) is 0 Å². The third-order valence-corrected chi connectivity index (χ3v) is 1.29. The van der Waals surface area contributed by atoms with Crippen LogP contribution in [0.1, 0.15) is 0 Å². The summed E-state index contributed by atoms with van der Waals surface area (Å²) in [4.78, 5) is 9.89. The summed E-state index contributed by atoms with van der Waals surface area (Å²) < 4.78 is 1.17. The summed E-state index contributed by atoms with van der Waals surface area (Å²) in [5, 5.41) is 20.1. The summed E-state index contributed by atoms with van der Waals surface area (Å²) in [6, 6.07) is 5.18. The Balaban J connectivity index is 0.000000262. The van der Waals surface area contributed by atoms with Gasteiger partial charge in [0.2, 0.25) is 0 Å². The quantitative estimate of drug-likeness (QED) is 0.350. The maximum Gasteiger partial charge on any atom is 0.180 e. The molecule has 0 N–H and O–H groups in total. The van der Waals surface area contributed by atoms with Gasteiger partial charge >= 0.3 is 0 Å². The van der Waals surface area contributed by atoms with E-state index < -0.39 is 5.97 Å². The van der Waals surface area contributed by atoms with Gasteiger partial charge in [-0.3, -0.25) is 0 Å². The fourth-order valence-corrected chi connectivity index (χ4v) is 0.770. The van der Waals surface area contributed by atoms with Gasteiger partial charge in [0.15, 0.2) is 12.4 Å². The van der Waals surface area contributed by atoms with E-state index in [4.69, 9.17) is 0 Å². The molecule has 0 unspecified atom stereocenters. The molecule has 5 heteroatoms. The van der Waals surface area contributed by atoms with Gasteiger partial charge < -0.3 is 19.6 Å². The lowest BCUT2D eigenvalue weighted by atomic mass is 10.5. The molecule has 0 radical (unpaired) electrons. The van der Waals surface area contributed by atoms with E-state index >= 15 is 0 Å². The SMILES string of the molecule is C[N+](C)(C)CC(=O)[O-].[O-][n+]1ccccc1. The van der Waals surface area contributed by atoms with Crippen molar-refractivity contribution in [3.05, 3.63) is 35.8 Å². The molecule has 0 fully saturated rings. The number of carboxylic acids is 1. The molecule has 0 aliphatic heterocycles. The van der Waals surface area contributed by atoms with Crippen LogP contribution in [-0.2, 0) is 4.79 Å². The molecule has 5 nitrogen and oxygen atoms in total. The molecule has 1 heterocycles. The van der Waals surface area contributed by atoms with Crippen LogP contribution in [0.3, 0.4) is 0 Å². The van der Waals surface area contributed by atoms with Crippen molar-refractivity contribution in [3.8, 4) is 0 Å². The number of aliphatic carboxylic acids is 1. The number of carbonyl (C=O) groups is 1. The lowest BCUT2D eigenvalue weighted by Crippen LogP contribution is -2.45. The van der Waals surface area contributed by atoms with E-state index in [1.54, 1.807) is 39.3 Å². The Morgan fingerprint density at radius 3 is 1.80 bits per heavy atom. The van der Waals surface area contributed by atoms with Crippen molar-refractivity contribution < 1.29 is 19.1 Å². The van der Waals surface area contributed by atoms with Gasteiger partial charge in [-0.1, -0.05) is 6.07 Å². The number of nitrogens with zero attached hydrogens (tertiary/aromatic N) is 2. The van der Waals surface area contributed by atoms with Crippen LogP contribution >= 0.6 is 0 Å². The highest BCUT2D eigenvalue weighted by Crippen LogP contribution is 1.84. The fraction of sp³-hybridized carbons (Fsp3) is 0.400. The number of rotatable bonds is 2. The summed E-state index contributed by atoms with van der Waals surface area (Å²) in [5.41, 5.74) is 0. The van der Waals surface area contributed by atoms with Crippen LogP contribution in [0.2, 0.25) is 0 Å². The number of carboxylic acid groups (broad SMARTS) is 1. The van der Waals surface area contributed by atoms with E-state index in [9.17, 15) is 15.1 Å². The first-order valence-corrected chi connectivity index (χ1v) is 4.45. The van der Waals surface area contributed by atoms with Crippen molar-refractivity contribution in [1.82, 2.24) is 0 Å². The summed E-state index contributed by atoms with van der Waals surface area (Å²) in [7, 11) is 5.40. The highest BCUT2D eigenvalue weighted by atomic mass is 16.5. The summed E-state index contributed by atoms with van der Waals surface area (Å²) >= 11 is 0. The molecule has 15 heavy (non-hydrogen) atoms. The second kappa shape index (κ2) is 5.98. The zero-order valence-corrected chi connectivity index (χ0v) is 9.21. The number of hydrogen-bond donors (Lipinski definition) is 0. The van der Waals surface area contributed by atoms with Crippen LogP contribution in [0.15, 0.2) is 30.6 Å². The van der Waals surface area contributed by atoms with Crippen molar-refractivity contribution in [1.29, 1.82) is 0 Å². The molecular weight excluding hydrogens is 196 g/mol. The molecular formula is C10H16N2O3. The largest absolute Gasteiger partial charge is 0.619 e. The lowest BCUT2D eigenvalue weighted by molar-refractivity contribution is -0.864. The van der Waals surface area contributed by atoms with Gasteiger partial charge in [-0.15, -0.1) is 0 Å². The van der Waals surface area contributed by atoms with E-state index in [1.165, 1.54) is 12.4 Å². The normalized spacial score (nSPS) is 10.1. The predicted octanol–water partition coefficient (Wildman–Crippen LogP) is -1.24. The minimum atomic E-state index is -1.00. The van der Waals surface area contributed by atoms with Gasteiger partial charge in [-0.05, 0) is 0 Å². The summed E-state index contributed by atoms with van der Waals surface area (Å²) in [5.74, 6) is -1.00. The maximum absolute atomic E-state index is 10.2. The lowest BCUT2D eigenvalue weighted by Gasteiger charge is -2.23. The molecule has 0 bridgehead atoms. The van der Waals surface area contributed by atoms with E-state index in [1.807, 2.05) is 0 Å². The molecule has 0 saturated carbocycles. The molecule has 0 aliphatic rings. The van der Waals surface area contributed by atoms with Crippen molar-refractivity contribution in [3.63, 3.8) is 0 Å². The summed E-state index contributed by atoms with van der Waals surface area (Å²) in [6.45, 7) is 0.0694. The second-order valence-electron chi connectivity index (χ2n) is 4.06. The molecule has 84 valence electrons. The van der Waals surface area contributed by atoms with Crippen LogP contribution in [0.25, 0.3) is 0 Å². The van der Waals surface area contributed by atoms with Gasteiger partial charge in [0, 0.05) is 12.1 Å². The standard InChI is InChI=1S/C5H11NO2.C5H5NO/c1-6(2,3)4-5(7)8;7-6-4-2-1-3-5-6/h4H2,1-3H3;1-5H. The molecule has 0 amide bonds. The molecule has 0 aromatic carbocycles. The van der Waals surface area contributed by atoms with Gasteiger partial charge in [0.05, 0.1) is 27.1 Å². The van der Waals surface area contributed by atoms with Gasteiger partial charge in [0.25, 0.3) is 0 Å². The number of aromatic nitrogens is 1. The van der Waals surface area contributed by atoms with Crippen LogP contribution in [0.4, 0.5) is 0 Å². The first kappa shape index (κ1) is 13.4.